The molecule has 0 saturated heterocycles. The Morgan fingerprint density at radius 2 is 1.74 bits per heavy atom. The molecule has 0 spiro atoms. The van der Waals surface area contributed by atoms with Gasteiger partial charge in [-0.15, -0.1) is 0 Å². The molecule has 0 unspecified atom stereocenters. The van der Waals surface area contributed by atoms with Gasteiger partial charge >= 0.3 is 5.97 Å². The number of rotatable bonds is 4. The number of carbonyl (C=O) groups excluding carboxylic acids is 1. The fourth-order valence-corrected chi connectivity index (χ4v) is 2.65. The van der Waals surface area contributed by atoms with Gasteiger partial charge in [0, 0.05) is 5.92 Å². The van der Waals surface area contributed by atoms with Gasteiger partial charge in [0.25, 0.3) is 0 Å². The molecule has 0 aromatic heterocycles. The highest BCUT2D eigenvalue weighted by Gasteiger charge is 2.32. The molecule has 5 heteroatoms. The first-order chi connectivity index (χ1) is 8.71. The van der Waals surface area contributed by atoms with Crippen molar-refractivity contribution < 1.29 is 19.8 Å². The maximum atomic E-state index is 11.9. The zero-order valence-corrected chi connectivity index (χ0v) is 12.0. The Balaban J connectivity index is 2.35. The number of hydrogen-bond donors (Lipinski definition) is 3. The van der Waals surface area contributed by atoms with Crippen molar-refractivity contribution in [1.29, 1.82) is 0 Å². The fraction of sp³-hybridized carbons (Fsp3) is 0.857. The standard InChI is InChI=1S/C14H25NO4/c1-14(2,3)10-6-4-9(5-7-10)12(17)15-8-11(16)13(18)19/h9-11,16H,4-8H2,1-3H3,(H,15,17)(H,18,19)/t9?,10?,11-/m0/s1. The van der Waals surface area contributed by atoms with E-state index in [-0.39, 0.29) is 23.8 Å². The van der Waals surface area contributed by atoms with E-state index in [0.29, 0.717) is 5.92 Å². The number of carboxylic acids is 1. The van der Waals surface area contributed by atoms with Crippen LogP contribution in [0.3, 0.4) is 0 Å². The van der Waals surface area contributed by atoms with Crippen LogP contribution in [0.25, 0.3) is 0 Å². The number of nitrogens with one attached hydrogen (secondary N) is 1. The molecule has 19 heavy (non-hydrogen) atoms. The lowest BCUT2D eigenvalue weighted by atomic mass is 9.69. The number of hydrogen-bond acceptors (Lipinski definition) is 3. The molecule has 110 valence electrons. The first-order valence-electron chi connectivity index (χ1n) is 6.90. The molecular weight excluding hydrogens is 246 g/mol. The van der Waals surface area contributed by atoms with Crippen LogP contribution >= 0.6 is 0 Å². The molecule has 0 bridgehead atoms. The minimum atomic E-state index is -1.52. The normalized spacial score (nSPS) is 25.7. The molecule has 1 fully saturated rings. The summed E-state index contributed by atoms with van der Waals surface area (Å²) in [6, 6.07) is 0. The van der Waals surface area contributed by atoms with Crippen LogP contribution in [-0.2, 0) is 9.59 Å². The van der Waals surface area contributed by atoms with Crippen LogP contribution in [0.2, 0.25) is 0 Å². The van der Waals surface area contributed by atoms with Crippen molar-refractivity contribution in [2.24, 2.45) is 17.3 Å². The highest BCUT2D eigenvalue weighted by Crippen LogP contribution is 2.39. The van der Waals surface area contributed by atoms with Gasteiger partial charge in [-0.25, -0.2) is 4.79 Å². The van der Waals surface area contributed by atoms with Crippen LogP contribution in [-0.4, -0.2) is 34.7 Å². The van der Waals surface area contributed by atoms with E-state index >= 15 is 0 Å². The molecule has 1 amide bonds. The van der Waals surface area contributed by atoms with Crippen molar-refractivity contribution >= 4 is 11.9 Å². The van der Waals surface area contributed by atoms with Gasteiger partial charge in [0.05, 0.1) is 6.54 Å². The van der Waals surface area contributed by atoms with E-state index in [9.17, 15) is 9.59 Å². The number of amides is 1. The Morgan fingerprint density at radius 3 is 2.16 bits per heavy atom. The van der Waals surface area contributed by atoms with E-state index < -0.39 is 12.1 Å². The molecule has 1 aliphatic rings. The molecule has 0 aromatic carbocycles. The topological polar surface area (TPSA) is 86.6 Å². The lowest BCUT2D eigenvalue weighted by Crippen LogP contribution is -2.41. The maximum Gasteiger partial charge on any atom is 0.334 e. The second-order valence-electron chi connectivity index (χ2n) is 6.51. The number of aliphatic hydroxyl groups excluding tert-OH is 1. The zero-order chi connectivity index (χ0) is 14.6. The first-order valence-corrected chi connectivity index (χ1v) is 6.90. The third kappa shape index (κ3) is 4.82. The predicted molar refractivity (Wildman–Crippen MR) is 71.6 cm³/mol. The van der Waals surface area contributed by atoms with Crippen molar-refractivity contribution in [1.82, 2.24) is 5.32 Å². The summed E-state index contributed by atoms with van der Waals surface area (Å²) < 4.78 is 0. The molecule has 1 atom stereocenters. The molecule has 0 radical (unpaired) electrons. The Labute approximate surface area is 114 Å². The Kier molecular flexibility index (Phi) is 5.35. The second-order valence-corrected chi connectivity index (χ2v) is 6.51. The maximum absolute atomic E-state index is 11.9. The van der Waals surface area contributed by atoms with Gasteiger partial charge in [-0.3, -0.25) is 4.79 Å². The molecule has 1 saturated carbocycles. The van der Waals surface area contributed by atoms with Crippen molar-refractivity contribution in [3.63, 3.8) is 0 Å². The first kappa shape index (κ1) is 16.0. The second kappa shape index (κ2) is 6.37. The summed E-state index contributed by atoms with van der Waals surface area (Å²) in [6.07, 6.45) is 2.23. The lowest BCUT2D eigenvalue weighted by Gasteiger charge is -2.36. The van der Waals surface area contributed by atoms with Crippen LogP contribution in [0.15, 0.2) is 0 Å². The van der Waals surface area contributed by atoms with E-state index in [1.54, 1.807) is 0 Å². The molecule has 0 aliphatic heterocycles. The van der Waals surface area contributed by atoms with Gasteiger partial charge in [0.1, 0.15) is 0 Å². The summed E-state index contributed by atoms with van der Waals surface area (Å²) in [5, 5.41) is 20.2. The van der Waals surface area contributed by atoms with Crippen molar-refractivity contribution in [3.05, 3.63) is 0 Å². The Morgan fingerprint density at radius 1 is 1.21 bits per heavy atom. The van der Waals surface area contributed by atoms with Crippen LogP contribution < -0.4 is 5.32 Å². The largest absolute Gasteiger partial charge is 0.479 e. The van der Waals surface area contributed by atoms with Gasteiger partial charge in [0.2, 0.25) is 5.91 Å². The number of aliphatic carboxylic acids is 1. The Bertz CT molecular complexity index is 327. The van der Waals surface area contributed by atoms with E-state index in [2.05, 4.69) is 26.1 Å². The lowest BCUT2D eigenvalue weighted by molar-refractivity contribution is -0.146. The average Bonchev–Trinajstić information content (AvgIpc) is 2.34. The number of aliphatic hydroxyl groups is 1. The van der Waals surface area contributed by atoms with Crippen LogP contribution in [0.1, 0.15) is 46.5 Å². The van der Waals surface area contributed by atoms with Crippen LogP contribution in [0.5, 0.6) is 0 Å². The molecule has 0 aromatic rings. The molecule has 1 rings (SSSR count). The van der Waals surface area contributed by atoms with E-state index in [0.717, 1.165) is 25.7 Å². The SMILES string of the molecule is CC(C)(C)C1CCC(C(=O)NC[C@H](O)C(=O)O)CC1. The minimum Gasteiger partial charge on any atom is -0.479 e. The highest BCUT2D eigenvalue weighted by atomic mass is 16.4. The van der Waals surface area contributed by atoms with Crippen molar-refractivity contribution in [2.75, 3.05) is 6.54 Å². The van der Waals surface area contributed by atoms with Gasteiger partial charge < -0.3 is 15.5 Å². The third-order valence-electron chi connectivity index (χ3n) is 4.08. The zero-order valence-electron chi connectivity index (χ0n) is 12.0. The molecule has 0 heterocycles. The quantitative estimate of drug-likeness (QED) is 0.721. The smallest absolute Gasteiger partial charge is 0.334 e. The molecule has 5 nitrogen and oxygen atoms in total. The van der Waals surface area contributed by atoms with E-state index in [1.807, 2.05) is 0 Å². The molecule has 3 N–H and O–H groups in total. The van der Waals surface area contributed by atoms with Crippen LogP contribution in [0.4, 0.5) is 0 Å². The summed E-state index contributed by atoms with van der Waals surface area (Å²) in [5.74, 6) is -0.842. The summed E-state index contributed by atoms with van der Waals surface area (Å²) >= 11 is 0. The minimum absolute atomic E-state index is 0.0420. The van der Waals surface area contributed by atoms with Gasteiger partial charge in [0.15, 0.2) is 6.10 Å². The summed E-state index contributed by atoms with van der Waals surface area (Å²) in [6.45, 7) is 6.46. The van der Waals surface area contributed by atoms with Gasteiger partial charge in [-0.2, -0.15) is 0 Å². The van der Waals surface area contributed by atoms with E-state index in [1.165, 1.54) is 0 Å². The number of carbonyl (C=O) groups is 2. The monoisotopic (exact) mass is 271 g/mol. The van der Waals surface area contributed by atoms with Crippen molar-refractivity contribution in [3.8, 4) is 0 Å². The molecular formula is C14H25NO4. The van der Waals surface area contributed by atoms with E-state index in [4.69, 9.17) is 10.2 Å². The van der Waals surface area contributed by atoms with Crippen LogP contribution in [0, 0.1) is 17.3 Å². The summed E-state index contributed by atoms with van der Waals surface area (Å²) in [7, 11) is 0. The van der Waals surface area contributed by atoms with Crippen molar-refractivity contribution in [2.45, 2.75) is 52.6 Å². The highest BCUT2D eigenvalue weighted by molar-refractivity contribution is 5.80. The van der Waals surface area contributed by atoms with Gasteiger partial charge in [-0.05, 0) is 37.0 Å². The van der Waals surface area contributed by atoms with Gasteiger partial charge in [-0.1, -0.05) is 20.8 Å². The Hall–Kier alpha value is -1.10. The number of carboxylic acid groups (broad SMARTS) is 1. The predicted octanol–water partition coefficient (Wildman–Crippen LogP) is 1.40. The summed E-state index contributed by atoms with van der Waals surface area (Å²) in [4.78, 5) is 22.3. The summed E-state index contributed by atoms with van der Waals surface area (Å²) in [5.41, 5.74) is 0.279. The molecule has 1 aliphatic carbocycles. The average molecular weight is 271 g/mol. The third-order valence-corrected chi connectivity index (χ3v) is 4.08. The fourth-order valence-electron chi connectivity index (χ4n) is 2.65.